The molecular weight excluding hydrogens is 252 g/mol. The van der Waals surface area contributed by atoms with Crippen molar-refractivity contribution in [3.63, 3.8) is 0 Å². The van der Waals surface area contributed by atoms with Crippen LogP contribution in [-0.4, -0.2) is 23.9 Å². The van der Waals surface area contributed by atoms with E-state index >= 15 is 0 Å². The zero-order valence-corrected chi connectivity index (χ0v) is 12.3. The maximum Gasteiger partial charge on any atom is 0.251 e. The van der Waals surface area contributed by atoms with Crippen LogP contribution in [0.2, 0.25) is 0 Å². The lowest BCUT2D eigenvalue weighted by Gasteiger charge is -2.20. The van der Waals surface area contributed by atoms with E-state index in [0.29, 0.717) is 17.0 Å². The third kappa shape index (κ3) is 4.37. The fourth-order valence-corrected chi connectivity index (χ4v) is 1.85. The van der Waals surface area contributed by atoms with Gasteiger partial charge in [0.05, 0.1) is 0 Å². The molecule has 1 fully saturated rings. The summed E-state index contributed by atoms with van der Waals surface area (Å²) in [5, 5.41) is 5.80. The summed E-state index contributed by atoms with van der Waals surface area (Å²) in [7, 11) is 0. The van der Waals surface area contributed by atoms with Crippen LogP contribution in [0.15, 0.2) is 24.3 Å². The van der Waals surface area contributed by atoms with Crippen molar-refractivity contribution in [1.29, 1.82) is 0 Å². The Morgan fingerprint density at radius 3 is 2.00 bits per heavy atom. The molecule has 20 heavy (non-hydrogen) atoms. The second-order valence-electron chi connectivity index (χ2n) is 6.43. The summed E-state index contributed by atoms with van der Waals surface area (Å²) in [6.45, 7) is 6.56. The van der Waals surface area contributed by atoms with Gasteiger partial charge in [-0.25, -0.2) is 0 Å². The predicted octanol–water partition coefficient (Wildman–Crippen LogP) is 2.35. The molecule has 2 rings (SSSR count). The summed E-state index contributed by atoms with van der Waals surface area (Å²) < 4.78 is 0. The lowest BCUT2D eigenvalue weighted by molar-refractivity contribution is 0.0915. The number of benzene rings is 1. The van der Waals surface area contributed by atoms with Crippen molar-refractivity contribution in [1.82, 2.24) is 10.6 Å². The molecule has 0 atom stereocenters. The first-order valence-corrected chi connectivity index (χ1v) is 7.06. The number of hydrogen-bond donors (Lipinski definition) is 2. The molecule has 0 bridgehead atoms. The van der Waals surface area contributed by atoms with Crippen LogP contribution in [0, 0.1) is 5.92 Å². The van der Waals surface area contributed by atoms with Gasteiger partial charge in [-0.2, -0.15) is 0 Å². The van der Waals surface area contributed by atoms with Crippen molar-refractivity contribution in [3.8, 4) is 0 Å². The van der Waals surface area contributed by atoms with Gasteiger partial charge < -0.3 is 10.6 Å². The fourth-order valence-electron chi connectivity index (χ4n) is 1.85. The highest BCUT2D eigenvalue weighted by Crippen LogP contribution is 2.27. The Morgan fingerprint density at radius 1 is 1.05 bits per heavy atom. The maximum absolute atomic E-state index is 12.0. The normalized spacial score (nSPS) is 14.8. The maximum atomic E-state index is 12.0. The van der Waals surface area contributed by atoms with Crippen LogP contribution in [0.3, 0.4) is 0 Å². The Hall–Kier alpha value is -1.84. The second kappa shape index (κ2) is 5.65. The Kier molecular flexibility index (Phi) is 4.12. The van der Waals surface area contributed by atoms with Crippen LogP contribution in [0.5, 0.6) is 0 Å². The highest BCUT2D eigenvalue weighted by atomic mass is 16.2. The van der Waals surface area contributed by atoms with Gasteiger partial charge in [-0.15, -0.1) is 0 Å². The highest BCUT2D eigenvalue weighted by Gasteiger charge is 2.22. The van der Waals surface area contributed by atoms with E-state index in [1.165, 1.54) is 12.8 Å². The standard InChI is InChI=1S/C16H22N2O2/c1-16(2,3)18-15(20)13-8-6-12(7-9-13)14(19)17-10-11-4-5-11/h6-9,11H,4-5,10H2,1-3H3,(H,17,19)(H,18,20). The fraction of sp³-hybridized carbons (Fsp3) is 0.500. The summed E-state index contributed by atoms with van der Waals surface area (Å²) in [4.78, 5) is 23.8. The minimum Gasteiger partial charge on any atom is -0.352 e. The molecule has 0 aromatic heterocycles. The molecule has 1 aromatic rings. The zero-order chi connectivity index (χ0) is 14.8. The van der Waals surface area contributed by atoms with Gasteiger partial charge in [-0.05, 0) is 63.8 Å². The van der Waals surface area contributed by atoms with Crippen LogP contribution in [-0.2, 0) is 0 Å². The summed E-state index contributed by atoms with van der Waals surface area (Å²) in [6.07, 6.45) is 2.43. The summed E-state index contributed by atoms with van der Waals surface area (Å²) >= 11 is 0. The molecule has 1 saturated carbocycles. The predicted molar refractivity (Wildman–Crippen MR) is 78.7 cm³/mol. The molecular formula is C16H22N2O2. The van der Waals surface area contributed by atoms with Gasteiger partial charge in [0.25, 0.3) is 11.8 Å². The van der Waals surface area contributed by atoms with Crippen molar-refractivity contribution in [2.45, 2.75) is 39.2 Å². The Bertz CT molecular complexity index is 496. The number of rotatable bonds is 4. The van der Waals surface area contributed by atoms with E-state index in [4.69, 9.17) is 0 Å². The molecule has 0 saturated heterocycles. The average Bonchev–Trinajstić information content (AvgIpc) is 3.18. The topological polar surface area (TPSA) is 58.2 Å². The largest absolute Gasteiger partial charge is 0.352 e. The third-order valence-electron chi connectivity index (χ3n) is 3.15. The van der Waals surface area contributed by atoms with E-state index in [1.54, 1.807) is 24.3 Å². The minimum atomic E-state index is -0.266. The van der Waals surface area contributed by atoms with Crippen molar-refractivity contribution >= 4 is 11.8 Å². The smallest absolute Gasteiger partial charge is 0.251 e. The van der Waals surface area contributed by atoms with E-state index in [0.717, 1.165) is 6.54 Å². The van der Waals surface area contributed by atoms with E-state index in [-0.39, 0.29) is 17.4 Å². The van der Waals surface area contributed by atoms with Crippen LogP contribution in [0.1, 0.15) is 54.3 Å². The summed E-state index contributed by atoms with van der Waals surface area (Å²) in [5.41, 5.74) is 0.897. The summed E-state index contributed by atoms with van der Waals surface area (Å²) in [6, 6.07) is 6.76. The number of nitrogens with one attached hydrogen (secondary N) is 2. The lowest BCUT2D eigenvalue weighted by atomic mass is 10.1. The molecule has 0 radical (unpaired) electrons. The van der Waals surface area contributed by atoms with Crippen LogP contribution in [0.4, 0.5) is 0 Å². The molecule has 2 amide bonds. The SMILES string of the molecule is CC(C)(C)NC(=O)c1ccc(C(=O)NCC2CC2)cc1. The van der Waals surface area contributed by atoms with Gasteiger partial charge in [0.1, 0.15) is 0 Å². The van der Waals surface area contributed by atoms with Gasteiger partial charge in [-0.1, -0.05) is 0 Å². The highest BCUT2D eigenvalue weighted by molar-refractivity contribution is 5.98. The molecule has 0 aliphatic heterocycles. The minimum absolute atomic E-state index is 0.0697. The molecule has 0 heterocycles. The van der Waals surface area contributed by atoms with Crippen LogP contribution >= 0.6 is 0 Å². The van der Waals surface area contributed by atoms with Crippen molar-refractivity contribution in [2.24, 2.45) is 5.92 Å². The van der Waals surface area contributed by atoms with Crippen molar-refractivity contribution in [3.05, 3.63) is 35.4 Å². The van der Waals surface area contributed by atoms with Gasteiger partial charge in [0.15, 0.2) is 0 Å². The van der Waals surface area contributed by atoms with Gasteiger partial charge in [0, 0.05) is 23.2 Å². The van der Waals surface area contributed by atoms with Crippen molar-refractivity contribution in [2.75, 3.05) is 6.54 Å². The van der Waals surface area contributed by atoms with Gasteiger partial charge >= 0.3 is 0 Å². The molecule has 0 spiro atoms. The monoisotopic (exact) mass is 274 g/mol. The molecule has 1 aliphatic carbocycles. The first-order chi connectivity index (χ1) is 9.35. The molecule has 4 nitrogen and oxygen atoms in total. The Labute approximate surface area is 119 Å². The first kappa shape index (κ1) is 14.6. The Balaban J connectivity index is 1.94. The molecule has 2 N–H and O–H groups in total. The molecule has 0 unspecified atom stereocenters. The van der Waals surface area contributed by atoms with E-state index in [1.807, 2.05) is 20.8 Å². The molecule has 4 heteroatoms. The second-order valence-corrected chi connectivity index (χ2v) is 6.43. The molecule has 1 aliphatic rings. The molecule has 1 aromatic carbocycles. The number of hydrogen-bond acceptors (Lipinski definition) is 2. The van der Waals surface area contributed by atoms with Gasteiger partial charge in [-0.3, -0.25) is 9.59 Å². The average molecular weight is 274 g/mol. The number of carbonyl (C=O) groups excluding carboxylic acids is 2. The van der Waals surface area contributed by atoms with Gasteiger partial charge in [0.2, 0.25) is 0 Å². The van der Waals surface area contributed by atoms with Crippen LogP contribution < -0.4 is 10.6 Å². The first-order valence-electron chi connectivity index (χ1n) is 7.06. The lowest BCUT2D eigenvalue weighted by Crippen LogP contribution is -2.40. The van der Waals surface area contributed by atoms with Crippen molar-refractivity contribution < 1.29 is 9.59 Å². The quantitative estimate of drug-likeness (QED) is 0.885. The molecule has 108 valence electrons. The van der Waals surface area contributed by atoms with E-state index in [2.05, 4.69) is 10.6 Å². The number of amides is 2. The zero-order valence-electron chi connectivity index (χ0n) is 12.3. The Morgan fingerprint density at radius 2 is 1.55 bits per heavy atom. The number of carbonyl (C=O) groups is 2. The van der Waals surface area contributed by atoms with E-state index in [9.17, 15) is 9.59 Å². The van der Waals surface area contributed by atoms with Crippen LogP contribution in [0.25, 0.3) is 0 Å². The van der Waals surface area contributed by atoms with E-state index < -0.39 is 0 Å². The third-order valence-corrected chi connectivity index (χ3v) is 3.15. The summed E-state index contributed by atoms with van der Waals surface area (Å²) in [5.74, 6) is 0.470.